The maximum atomic E-state index is 12.3. The minimum absolute atomic E-state index is 0.0226. The minimum Gasteiger partial charge on any atom is -0.347 e. The SMILES string of the molecule is CC(C)(C)[C@@H](NC(=O)C[S@@](=O)C1CCCC1)c1cccs1. The Morgan fingerprint density at radius 3 is 2.62 bits per heavy atom. The lowest BCUT2D eigenvalue weighted by Gasteiger charge is -2.30. The largest absolute Gasteiger partial charge is 0.347 e. The van der Waals surface area contributed by atoms with Crippen LogP contribution < -0.4 is 5.32 Å². The van der Waals surface area contributed by atoms with Crippen molar-refractivity contribution in [3.05, 3.63) is 22.4 Å². The van der Waals surface area contributed by atoms with Crippen LogP contribution in [0, 0.1) is 5.41 Å². The summed E-state index contributed by atoms with van der Waals surface area (Å²) in [6.45, 7) is 6.35. The second-order valence-electron chi connectivity index (χ2n) is 6.81. The summed E-state index contributed by atoms with van der Waals surface area (Å²) >= 11 is 1.65. The van der Waals surface area contributed by atoms with Gasteiger partial charge < -0.3 is 5.32 Å². The van der Waals surface area contributed by atoms with Crippen LogP contribution >= 0.6 is 11.3 Å². The molecule has 118 valence electrons. The van der Waals surface area contributed by atoms with E-state index in [-0.39, 0.29) is 28.4 Å². The average molecular weight is 328 g/mol. The van der Waals surface area contributed by atoms with Crippen molar-refractivity contribution in [2.75, 3.05) is 5.75 Å². The second kappa shape index (κ2) is 7.05. The van der Waals surface area contributed by atoms with Gasteiger partial charge in [-0.25, -0.2) is 0 Å². The minimum atomic E-state index is -1.02. The fourth-order valence-electron chi connectivity index (χ4n) is 2.77. The van der Waals surface area contributed by atoms with Gasteiger partial charge in [-0.2, -0.15) is 0 Å². The molecule has 0 spiro atoms. The van der Waals surface area contributed by atoms with Crippen molar-refractivity contribution in [2.24, 2.45) is 5.41 Å². The second-order valence-corrected chi connectivity index (χ2v) is 9.51. The van der Waals surface area contributed by atoms with Gasteiger partial charge in [0.2, 0.25) is 5.91 Å². The van der Waals surface area contributed by atoms with Crippen LogP contribution in [0.4, 0.5) is 0 Å². The van der Waals surface area contributed by atoms with E-state index in [4.69, 9.17) is 0 Å². The molecule has 0 bridgehead atoms. The summed E-state index contributed by atoms with van der Waals surface area (Å²) in [5, 5.41) is 5.34. The van der Waals surface area contributed by atoms with E-state index in [9.17, 15) is 9.00 Å². The first kappa shape index (κ1) is 16.7. The lowest BCUT2D eigenvalue weighted by molar-refractivity contribution is -0.120. The smallest absolute Gasteiger partial charge is 0.233 e. The summed E-state index contributed by atoms with van der Waals surface area (Å²) in [6, 6.07) is 4.03. The van der Waals surface area contributed by atoms with Crippen LogP contribution in [0.3, 0.4) is 0 Å². The first-order valence-electron chi connectivity index (χ1n) is 7.58. The van der Waals surface area contributed by atoms with Crippen molar-refractivity contribution in [3.63, 3.8) is 0 Å². The Morgan fingerprint density at radius 2 is 2.10 bits per heavy atom. The van der Waals surface area contributed by atoms with Gasteiger partial charge in [0.05, 0.1) is 6.04 Å². The van der Waals surface area contributed by atoms with E-state index in [0.717, 1.165) is 30.6 Å². The van der Waals surface area contributed by atoms with Gasteiger partial charge in [-0.1, -0.05) is 39.7 Å². The number of hydrogen-bond donors (Lipinski definition) is 1. The van der Waals surface area contributed by atoms with Gasteiger partial charge in [0.15, 0.2) is 0 Å². The molecule has 0 aromatic carbocycles. The van der Waals surface area contributed by atoms with Crippen LogP contribution in [0.15, 0.2) is 17.5 Å². The summed E-state index contributed by atoms with van der Waals surface area (Å²) in [4.78, 5) is 13.4. The Labute approximate surface area is 134 Å². The van der Waals surface area contributed by atoms with Gasteiger partial charge in [0.1, 0.15) is 5.75 Å². The van der Waals surface area contributed by atoms with Crippen molar-refractivity contribution in [1.29, 1.82) is 0 Å². The van der Waals surface area contributed by atoms with E-state index in [1.165, 1.54) is 0 Å². The molecule has 1 aromatic rings. The molecule has 0 aliphatic heterocycles. The topological polar surface area (TPSA) is 46.2 Å². The van der Waals surface area contributed by atoms with E-state index in [1.54, 1.807) is 11.3 Å². The number of rotatable bonds is 5. The molecule has 3 nitrogen and oxygen atoms in total. The lowest BCUT2D eigenvalue weighted by atomic mass is 9.86. The molecular formula is C16H25NO2S2. The number of nitrogens with one attached hydrogen (secondary N) is 1. The molecule has 2 rings (SSSR count). The molecule has 0 radical (unpaired) electrons. The zero-order valence-corrected chi connectivity index (χ0v) is 14.7. The Bertz CT molecular complexity index is 485. The Morgan fingerprint density at radius 1 is 1.43 bits per heavy atom. The number of amides is 1. The first-order chi connectivity index (χ1) is 9.88. The summed E-state index contributed by atoms with van der Waals surface area (Å²) in [5.74, 6) is 0.0522. The molecular weight excluding hydrogens is 302 g/mol. The van der Waals surface area contributed by atoms with Gasteiger partial charge in [-0.15, -0.1) is 11.3 Å². The lowest BCUT2D eigenvalue weighted by Crippen LogP contribution is -2.39. The van der Waals surface area contributed by atoms with Crippen LogP contribution in [-0.2, 0) is 15.6 Å². The standard InChI is InChI=1S/C16H25NO2S2/c1-16(2,3)15(13-9-6-10-20-13)17-14(18)11-21(19)12-7-4-5-8-12/h6,9-10,12,15H,4-5,7-8,11H2,1-3H3,(H,17,18)/t15-,21+/m0/s1. The third-order valence-corrected chi connectivity index (χ3v) is 6.65. The number of carbonyl (C=O) groups excluding carboxylic acids is 1. The zero-order valence-electron chi connectivity index (χ0n) is 13.1. The third kappa shape index (κ3) is 4.65. The fourth-order valence-corrected chi connectivity index (χ4v) is 5.23. The molecule has 0 saturated heterocycles. The molecule has 1 aliphatic carbocycles. The number of thiophene rings is 1. The van der Waals surface area contributed by atoms with E-state index in [2.05, 4.69) is 32.2 Å². The van der Waals surface area contributed by atoms with Crippen LogP contribution in [0.2, 0.25) is 0 Å². The predicted molar refractivity (Wildman–Crippen MR) is 89.9 cm³/mol. The highest BCUT2D eigenvalue weighted by molar-refractivity contribution is 7.86. The molecule has 1 aliphatic rings. The molecule has 1 fully saturated rings. The highest BCUT2D eigenvalue weighted by Crippen LogP contribution is 2.35. The van der Waals surface area contributed by atoms with E-state index >= 15 is 0 Å². The maximum absolute atomic E-state index is 12.3. The van der Waals surface area contributed by atoms with Crippen molar-refractivity contribution >= 4 is 28.0 Å². The van der Waals surface area contributed by atoms with Crippen LogP contribution in [-0.4, -0.2) is 21.1 Å². The summed E-state index contributed by atoms with van der Waals surface area (Å²) in [5.41, 5.74) is -0.0602. The van der Waals surface area contributed by atoms with Crippen molar-refractivity contribution in [2.45, 2.75) is 57.7 Å². The maximum Gasteiger partial charge on any atom is 0.233 e. The highest BCUT2D eigenvalue weighted by atomic mass is 32.2. The van der Waals surface area contributed by atoms with Crippen molar-refractivity contribution in [1.82, 2.24) is 5.32 Å². The van der Waals surface area contributed by atoms with Gasteiger partial charge >= 0.3 is 0 Å². The monoisotopic (exact) mass is 327 g/mol. The Balaban J connectivity index is 1.97. The van der Waals surface area contributed by atoms with Crippen LogP contribution in [0.1, 0.15) is 57.4 Å². The summed E-state index contributed by atoms with van der Waals surface area (Å²) in [7, 11) is -1.02. The molecule has 1 heterocycles. The number of hydrogen-bond acceptors (Lipinski definition) is 3. The quantitative estimate of drug-likeness (QED) is 0.897. The normalized spacial score (nSPS) is 19.4. The Hall–Kier alpha value is -0.680. The average Bonchev–Trinajstić information content (AvgIpc) is 3.07. The fraction of sp³-hybridized carbons (Fsp3) is 0.688. The molecule has 21 heavy (non-hydrogen) atoms. The van der Waals surface area contributed by atoms with E-state index < -0.39 is 10.8 Å². The summed E-state index contributed by atoms with van der Waals surface area (Å²) < 4.78 is 12.2. The molecule has 1 aromatic heterocycles. The van der Waals surface area contributed by atoms with E-state index in [0.29, 0.717) is 0 Å². The van der Waals surface area contributed by atoms with Crippen molar-refractivity contribution in [3.8, 4) is 0 Å². The molecule has 2 atom stereocenters. The molecule has 1 amide bonds. The molecule has 5 heteroatoms. The Kier molecular flexibility index (Phi) is 5.60. The molecule has 1 saturated carbocycles. The highest BCUT2D eigenvalue weighted by Gasteiger charge is 2.30. The molecule has 1 N–H and O–H groups in total. The zero-order chi connectivity index (χ0) is 15.5. The van der Waals surface area contributed by atoms with Crippen LogP contribution in [0.25, 0.3) is 0 Å². The molecule has 0 unspecified atom stereocenters. The third-order valence-electron chi connectivity index (χ3n) is 3.95. The van der Waals surface area contributed by atoms with Crippen LogP contribution in [0.5, 0.6) is 0 Å². The van der Waals surface area contributed by atoms with Gasteiger partial charge in [0.25, 0.3) is 0 Å². The van der Waals surface area contributed by atoms with Crippen molar-refractivity contribution < 1.29 is 9.00 Å². The van der Waals surface area contributed by atoms with E-state index in [1.807, 2.05) is 11.4 Å². The predicted octanol–water partition coefficient (Wildman–Crippen LogP) is 3.64. The van der Waals surface area contributed by atoms with Gasteiger partial charge in [-0.3, -0.25) is 9.00 Å². The first-order valence-corrected chi connectivity index (χ1v) is 9.84. The summed E-state index contributed by atoms with van der Waals surface area (Å²) in [6.07, 6.45) is 4.32. The van der Waals surface area contributed by atoms with Gasteiger partial charge in [-0.05, 0) is 29.7 Å². The van der Waals surface area contributed by atoms with Gasteiger partial charge in [0, 0.05) is 20.9 Å². The number of carbonyl (C=O) groups is 1.